The summed E-state index contributed by atoms with van der Waals surface area (Å²) in [6.07, 6.45) is 9.29. The molecule has 5 aliphatic carbocycles. The zero-order valence-corrected chi connectivity index (χ0v) is 33.2. The summed E-state index contributed by atoms with van der Waals surface area (Å²) in [5.74, 6) is -0.107. The molecule has 286 valence electrons. The molecule has 0 bridgehead atoms. The minimum absolute atomic E-state index is 0.0344. The van der Waals surface area contributed by atoms with E-state index in [2.05, 4.69) is 65.7 Å². The lowest BCUT2D eigenvalue weighted by Gasteiger charge is -2.72. The van der Waals surface area contributed by atoms with Gasteiger partial charge in [-0.1, -0.05) is 48.5 Å². The number of hydrogen-bond acceptors (Lipinski definition) is 7. The van der Waals surface area contributed by atoms with Crippen LogP contribution in [0, 0.1) is 50.7 Å². The van der Waals surface area contributed by atoms with Gasteiger partial charge in [0.25, 0.3) is 0 Å². The number of nitrogens with zero attached hydrogens (tertiary/aromatic N) is 1. The van der Waals surface area contributed by atoms with Gasteiger partial charge in [-0.05, 0) is 143 Å². The highest BCUT2D eigenvalue weighted by Crippen LogP contribution is 2.76. The number of carbonyl (C=O) groups excluding carboxylic acids is 3. The maximum Gasteiger partial charge on any atom is 0.407 e. The number of ether oxygens (including phenoxy) is 2. The number of fused-ring (bicyclic) bond motifs is 7. The molecule has 5 fully saturated rings. The second-order valence-corrected chi connectivity index (χ2v) is 20.0. The SMILES string of the molecule is CC(C)C1=C2C3CCC4[C@@]5(C)CC[C@H](OC(=O)CC(C)(C)C(=O)O)C(C)(C)C5CC[C@@]4(C)[C@]3(C)CC[C@@]2(NC(=O)OC[C@@H]2CCCN2C)CC1=O. The number of carboxylic acid groups (broad SMARTS) is 1. The van der Waals surface area contributed by atoms with Crippen LogP contribution in [0.25, 0.3) is 0 Å². The van der Waals surface area contributed by atoms with E-state index in [4.69, 9.17) is 9.47 Å². The topological polar surface area (TPSA) is 122 Å². The van der Waals surface area contributed by atoms with Crippen molar-refractivity contribution in [3.63, 3.8) is 0 Å². The number of ketones is 1. The number of carbonyl (C=O) groups is 4. The van der Waals surface area contributed by atoms with Gasteiger partial charge in [0.05, 0.1) is 17.4 Å². The first-order valence-corrected chi connectivity index (χ1v) is 20.0. The first-order valence-electron chi connectivity index (χ1n) is 20.0. The third kappa shape index (κ3) is 5.98. The Balaban J connectivity index is 1.25. The summed E-state index contributed by atoms with van der Waals surface area (Å²) in [5, 5.41) is 13.0. The summed E-state index contributed by atoms with van der Waals surface area (Å²) in [6, 6.07) is 0.247. The fraction of sp³-hybridized carbons (Fsp3) is 0.857. The maximum absolute atomic E-state index is 13.9. The predicted molar refractivity (Wildman–Crippen MR) is 196 cm³/mol. The number of nitrogens with one attached hydrogen (secondary N) is 1. The number of likely N-dealkylation sites (N-methyl/N-ethyl adjacent to an activating group) is 1. The Hall–Kier alpha value is -2.42. The van der Waals surface area contributed by atoms with Crippen LogP contribution in [-0.4, -0.2) is 71.7 Å². The van der Waals surface area contributed by atoms with Crippen molar-refractivity contribution >= 4 is 23.8 Å². The summed E-state index contributed by atoms with van der Waals surface area (Å²) < 4.78 is 12.0. The standard InChI is InChI=1S/C42H66N2O7/c1-25(2)33-28(45)22-42(43-36(49)50-24-26-12-11-21-44(26)10)20-19-40(8)27(34(33)42)13-14-30-39(7)17-16-31(51-32(46)23-37(3,4)35(47)48)38(5,6)29(39)15-18-41(30,40)9/h25-27,29-31H,11-24H2,1-10H3,(H,43,49)(H,47,48)/t26-,27?,29?,30?,31-,39-,40+,41+,42+/m0/s1. The summed E-state index contributed by atoms with van der Waals surface area (Å²) in [4.78, 5) is 54.5. The quantitative estimate of drug-likeness (QED) is 0.244. The molecular weight excluding hydrogens is 644 g/mol. The molecule has 3 unspecified atom stereocenters. The highest BCUT2D eigenvalue weighted by molar-refractivity contribution is 6.02. The van der Waals surface area contributed by atoms with E-state index in [0.717, 1.165) is 76.3 Å². The van der Waals surface area contributed by atoms with Gasteiger partial charge in [-0.2, -0.15) is 0 Å². The fourth-order valence-corrected chi connectivity index (χ4v) is 13.2. The van der Waals surface area contributed by atoms with Crippen molar-refractivity contribution in [3.8, 4) is 0 Å². The molecule has 0 spiro atoms. The maximum atomic E-state index is 13.9. The lowest BCUT2D eigenvalue weighted by Crippen LogP contribution is -2.67. The minimum atomic E-state index is -1.17. The van der Waals surface area contributed by atoms with Crippen LogP contribution in [-0.2, 0) is 23.9 Å². The molecule has 9 heteroatoms. The lowest BCUT2D eigenvalue weighted by atomic mass is 9.33. The molecule has 6 rings (SSSR count). The highest BCUT2D eigenvalue weighted by Gasteiger charge is 2.70. The van der Waals surface area contributed by atoms with E-state index in [1.54, 1.807) is 13.8 Å². The van der Waals surface area contributed by atoms with Crippen molar-refractivity contribution in [2.24, 2.45) is 50.7 Å². The molecule has 51 heavy (non-hydrogen) atoms. The van der Waals surface area contributed by atoms with Crippen LogP contribution in [0.5, 0.6) is 0 Å². The van der Waals surface area contributed by atoms with Crippen LogP contribution in [0.15, 0.2) is 11.1 Å². The summed E-state index contributed by atoms with van der Waals surface area (Å²) in [6.45, 7) is 20.9. The fourth-order valence-electron chi connectivity index (χ4n) is 13.2. The average molecular weight is 711 g/mol. The van der Waals surface area contributed by atoms with Gasteiger partial charge in [-0.25, -0.2) is 4.79 Å². The van der Waals surface area contributed by atoms with Crippen LogP contribution < -0.4 is 5.32 Å². The average Bonchev–Trinajstić information content (AvgIpc) is 3.56. The van der Waals surface area contributed by atoms with E-state index in [1.807, 2.05) is 0 Å². The smallest absolute Gasteiger partial charge is 0.407 e. The molecule has 4 saturated carbocycles. The number of amides is 1. The number of aliphatic carboxylic acids is 1. The number of alkyl carbamates (subject to hydrolysis) is 1. The molecule has 0 radical (unpaired) electrons. The van der Waals surface area contributed by atoms with Crippen molar-refractivity contribution in [2.45, 2.75) is 157 Å². The molecule has 1 amide bonds. The van der Waals surface area contributed by atoms with Crippen LogP contribution in [0.4, 0.5) is 4.79 Å². The van der Waals surface area contributed by atoms with E-state index in [9.17, 15) is 24.3 Å². The van der Waals surface area contributed by atoms with E-state index in [-0.39, 0.29) is 57.8 Å². The van der Waals surface area contributed by atoms with Gasteiger partial charge < -0.3 is 24.8 Å². The largest absolute Gasteiger partial charge is 0.481 e. The van der Waals surface area contributed by atoms with Crippen LogP contribution in [0.1, 0.15) is 139 Å². The number of carboxylic acids is 1. The molecule has 1 heterocycles. The Morgan fingerprint density at radius 2 is 1.65 bits per heavy atom. The molecule has 0 aromatic carbocycles. The monoisotopic (exact) mass is 710 g/mol. The van der Waals surface area contributed by atoms with Crippen LogP contribution in [0.2, 0.25) is 0 Å². The van der Waals surface area contributed by atoms with Gasteiger partial charge in [-0.3, -0.25) is 14.4 Å². The van der Waals surface area contributed by atoms with Gasteiger partial charge in [0.1, 0.15) is 12.7 Å². The normalized spacial score (nSPS) is 40.6. The van der Waals surface area contributed by atoms with Crippen molar-refractivity contribution in [1.29, 1.82) is 0 Å². The second-order valence-electron chi connectivity index (χ2n) is 20.0. The Bertz CT molecular complexity index is 1480. The molecule has 6 aliphatic rings. The third-order valence-corrected chi connectivity index (χ3v) is 16.2. The number of esters is 1. The summed E-state index contributed by atoms with van der Waals surface area (Å²) in [7, 11) is 2.09. The molecule has 0 aromatic rings. The van der Waals surface area contributed by atoms with E-state index in [0.29, 0.717) is 24.9 Å². The van der Waals surface area contributed by atoms with E-state index in [1.165, 1.54) is 5.57 Å². The number of likely N-dealkylation sites (tertiary alicyclic amines) is 1. The minimum Gasteiger partial charge on any atom is -0.481 e. The van der Waals surface area contributed by atoms with Crippen molar-refractivity contribution in [2.75, 3.05) is 20.2 Å². The molecule has 9 atom stereocenters. The Morgan fingerprint density at radius 1 is 0.941 bits per heavy atom. The van der Waals surface area contributed by atoms with Gasteiger partial charge >= 0.3 is 18.0 Å². The van der Waals surface area contributed by atoms with Crippen molar-refractivity contribution in [1.82, 2.24) is 10.2 Å². The predicted octanol–water partition coefficient (Wildman–Crippen LogP) is 7.95. The lowest BCUT2D eigenvalue weighted by molar-refractivity contribution is -0.232. The van der Waals surface area contributed by atoms with Gasteiger partial charge in [0.2, 0.25) is 0 Å². The van der Waals surface area contributed by atoms with E-state index < -0.39 is 29.0 Å². The third-order valence-electron chi connectivity index (χ3n) is 16.2. The van der Waals surface area contributed by atoms with Gasteiger partial charge in [0.15, 0.2) is 5.78 Å². The molecule has 9 nitrogen and oxygen atoms in total. The van der Waals surface area contributed by atoms with Crippen LogP contribution in [0.3, 0.4) is 0 Å². The zero-order valence-electron chi connectivity index (χ0n) is 33.2. The number of rotatable bonds is 8. The molecule has 1 aliphatic heterocycles. The number of Topliss-reactive ketones (excluding diaryl/α,β-unsaturated/α-hetero) is 1. The first kappa shape index (κ1) is 38.3. The summed E-state index contributed by atoms with van der Waals surface area (Å²) in [5.41, 5.74) is 0.103. The Morgan fingerprint density at radius 3 is 2.27 bits per heavy atom. The number of hydrogen-bond donors (Lipinski definition) is 2. The molecule has 0 aromatic heterocycles. The highest BCUT2D eigenvalue weighted by atomic mass is 16.6. The molecular formula is C42H66N2O7. The summed E-state index contributed by atoms with van der Waals surface area (Å²) >= 11 is 0. The Kier molecular flexibility index (Phi) is 9.66. The zero-order chi connectivity index (χ0) is 37.5. The van der Waals surface area contributed by atoms with Crippen LogP contribution >= 0.6 is 0 Å². The van der Waals surface area contributed by atoms with Crippen molar-refractivity contribution < 1.29 is 33.8 Å². The van der Waals surface area contributed by atoms with Crippen molar-refractivity contribution in [3.05, 3.63) is 11.1 Å². The molecule has 2 N–H and O–H groups in total. The first-order chi connectivity index (χ1) is 23.6. The number of allylic oxidation sites excluding steroid dienone is 1. The second kappa shape index (κ2) is 12.9. The Labute approximate surface area is 306 Å². The van der Waals surface area contributed by atoms with E-state index >= 15 is 0 Å². The van der Waals surface area contributed by atoms with Gasteiger partial charge in [0, 0.05) is 17.9 Å². The van der Waals surface area contributed by atoms with Gasteiger partial charge in [-0.15, -0.1) is 0 Å². The molecule has 1 saturated heterocycles.